The van der Waals surface area contributed by atoms with Crippen LogP contribution in [0.3, 0.4) is 0 Å². The van der Waals surface area contributed by atoms with Gasteiger partial charge in [-0.05, 0) is 38.1 Å². The van der Waals surface area contributed by atoms with Crippen molar-refractivity contribution >= 4 is 28.8 Å². The Morgan fingerprint density at radius 3 is 2.31 bits per heavy atom. The summed E-state index contributed by atoms with van der Waals surface area (Å²) in [6.45, 7) is 7.27. The highest BCUT2D eigenvalue weighted by molar-refractivity contribution is 5.91. The molecular weight excluding hydrogens is 510 g/mol. The highest BCUT2D eigenvalue weighted by atomic mass is 19.3. The van der Waals surface area contributed by atoms with Crippen LogP contribution in [-0.4, -0.2) is 86.8 Å². The number of ether oxygens (including phenoxy) is 1. The smallest absolute Gasteiger partial charge is 0.296 e. The number of piperazine rings is 1. The summed E-state index contributed by atoms with van der Waals surface area (Å²) < 4.78 is 40.7. The number of carbonyl (C=O) groups is 1. The van der Waals surface area contributed by atoms with Crippen LogP contribution in [0.2, 0.25) is 0 Å². The maximum Gasteiger partial charge on any atom is 0.296 e. The first-order valence-corrected chi connectivity index (χ1v) is 12.8. The topological polar surface area (TPSA) is 106 Å². The predicted molar refractivity (Wildman–Crippen MR) is 138 cm³/mol. The summed E-state index contributed by atoms with van der Waals surface area (Å²) in [7, 11) is 0. The predicted octanol–water partition coefficient (Wildman–Crippen LogP) is 3.32. The van der Waals surface area contributed by atoms with Crippen molar-refractivity contribution in [3.63, 3.8) is 0 Å². The van der Waals surface area contributed by atoms with Crippen LogP contribution in [0.15, 0.2) is 47.1 Å². The average molecular weight is 539 g/mol. The molecular formula is C26H28F2N8O3. The number of aromatic nitrogens is 5. The van der Waals surface area contributed by atoms with E-state index < -0.39 is 17.9 Å². The number of imidazole rings is 1. The number of rotatable bonds is 5. The zero-order valence-corrected chi connectivity index (χ0v) is 21.6. The molecule has 0 radical (unpaired) electrons. The molecule has 2 saturated heterocycles. The first-order valence-electron chi connectivity index (χ1n) is 12.8. The molecule has 2 fully saturated rings. The van der Waals surface area contributed by atoms with Gasteiger partial charge in [-0.3, -0.25) is 9.36 Å². The number of fused-ring (bicyclic) bond motifs is 1. The molecule has 39 heavy (non-hydrogen) atoms. The van der Waals surface area contributed by atoms with Gasteiger partial charge in [0.1, 0.15) is 0 Å². The molecule has 3 aromatic heterocycles. The quantitative estimate of drug-likeness (QED) is 0.378. The first kappa shape index (κ1) is 25.2. The fraction of sp³-hybridized carbons (Fsp3) is 0.423. The summed E-state index contributed by atoms with van der Waals surface area (Å²) in [5.41, 5.74) is 0.472. The van der Waals surface area contributed by atoms with Crippen LogP contribution >= 0.6 is 0 Å². The highest BCUT2D eigenvalue weighted by Gasteiger charge is 2.32. The molecule has 2 aliphatic heterocycles. The Morgan fingerprint density at radius 2 is 1.62 bits per heavy atom. The molecule has 13 heteroatoms. The number of morpholine rings is 1. The molecule has 5 heterocycles. The highest BCUT2D eigenvalue weighted by Crippen LogP contribution is 2.29. The number of para-hydroxylation sites is 2. The molecule has 1 amide bonds. The van der Waals surface area contributed by atoms with Crippen LogP contribution in [0.25, 0.3) is 17.0 Å². The lowest BCUT2D eigenvalue weighted by atomic mass is 10.1. The molecule has 0 bridgehead atoms. The number of hydrogen-bond donors (Lipinski definition) is 0. The summed E-state index contributed by atoms with van der Waals surface area (Å²) in [6, 6.07) is 10.2. The molecule has 4 aromatic rings. The lowest BCUT2D eigenvalue weighted by Gasteiger charge is -2.38. The van der Waals surface area contributed by atoms with Gasteiger partial charge < -0.3 is 23.9 Å². The number of hydrogen-bond acceptors (Lipinski definition) is 9. The van der Waals surface area contributed by atoms with Crippen LogP contribution in [0.1, 0.15) is 36.7 Å². The maximum absolute atomic E-state index is 14.2. The number of benzene rings is 1. The number of alkyl halides is 2. The molecule has 6 rings (SSSR count). The Bertz CT molecular complexity index is 1480. The average Bonchev–Trinajstić information content (AvgIpc) is 3.61. The van der Waals surface area contributed by atoms with Crippen molar-refractivity contribution in [2.75, 3.05) is 55.7 Å². The number of nitrogens with zero attached hydrogens (tertiary/aromatic N) is 8. The zero-order valence-electron chi connectivity index (χ0n) is 21.6. The van der Waals surface area contributed by atoms with Crippen molar-refractivity contribution in [2.45, 2.75) is 25.9 Å². The Morgan fingerprint density at radius 1 is 0.897 bits per heavy atom. The zero-order chi connectivity index (χ0) is 27.1. The SMILES string of the molecule is CC1(C)CN(c2nc(N3CCN(C(=O)c4ccco4)CC3)nc(-n3c(C(F)F)nc4ccccc43)n2)CCO1. The number of carbonyl (C=O) groups excluding carboxylic acids is 1. The van der Waals surface area contributed by atoms with E-state index in [1.807, 2.05) is 23.6 Å². The second-order valence-electron chi connectivity index (χ2n) is 10.1. The Hall–Kier alpha value is -4.13. The van der Waals surface area contributed by atoms with Gasteiger partial charge >= 0.3 is 0 Å². The van der Waals surface area contributed by atoms with E-state index in [0.717, 1.165) is 0 Å². The van der Waals surface area contributed by atoms with E-state index in [4.69, 9.17) is 14.1 Å². The first-order chi connectivity index (χ1) is 18.8. The van der Waals surface area contributed by atoms with Gasteiger partial charge in [0.25, 0.3) is 12.3 Å². The number of amides is 1. The molecule has 0 N–H and O–H groups in total. The van der Waals surface area contributed by atoms with Crippen LogP contribution < -0.4 is 9.80 Å². The van der Waals surface area contributed by atoms with Gasteiger partial charge in [-0.1, -0.05) is 12.1 Å². The van der Waals surface area contributed by atoms with Crippen LogP contribution in [0.5, 0.6) is 0 Å². The number of halogens is 2. The standard InChI is InChI=1S/C26H28F2N8O3/c1-26(2)16-35(13-15-39-26)24-30-23(34-11-9-33(10-12-34)22(37)19-8-5-14-38-19)31-25(32-24)36-18-7-4-3-6-17(18)29-21(36)20(27)28/h3-8,14,20H,9-13,15-16H2,1-2H3. The second kappa shape index (κ2) is 9.88. The minimum absolute atomic E-state index is 0.0670. The van der Waals surface area contributed by atoms with E-state index in [2.05, 4.69) is 15.0 Å². The van der Waals surface area contributed by atoms with Gasteiger partial charge in [-0.2, -0.15) is 15.0 Å². The van der Waals surface area contributed by atoms with Crippen molar-refractivity contribution in [2.24, 2.45) is 0 Å². The van der Waals surface area contributed by atoms with Gasteiger partial charge in [0, 0.05) is 39.3 Å². The molecule has 0 spiro atoms. The number of anilines is 2. The van der Waals surface area contributed by atoms with Gasteiger partial charge in [-0.25, -0.2) is 13.8 Å². The van der Waals surface area contributed by atoms with Crippen molar-refractivity contribution < 1.29 is 22.7 Å². The van der Waals surface area contributed by atoms with Crippen LogP contribution in [0, 0.1) is 0 Å². The third kappa shape index (κ3) is 4.89. The summed E-state index contributed by atoms with van der Waals surface area (Å²) in [5, 5.41) is 0. The molecule has 11 nitrogen and oxygen atoms in total. The fourth-order valence-electron chi connectivity index (χ4n) is 4.98. The molecule has 0 aliphatic carbocycles. The molecule has 204 valence electrons. The van der Waals surface area contributed by atoms with E-state index >= 15 is 0 Å². The van der Waals surface area contributed by atoms with Crippen LogP contribution in [-0.2, 0) is 4.74 Å². The van der Waals surface area contributed by atoms with Gasteiger partial charge in [0.05, 0.1) is 29.5 Å². The van der Waals surface area contributed by atoms with E-state index in [1.165, 1.54) is 10.8 Å². The Labute approximate surface area is 223 Å². The van der Waals surface area contributed by atoms with Crippen molar-refractivity contribution in [3.8, 4) is 5.95 Å². The lowest BCUT2D eigenvalue weighted by Crippen LogP contribution is -2.50. The lowest BCUT2D eigenvalue weighted by molar-refractivity contribution is -0.0281. The van der Waals surface area contributed by atoms with E-state index in [0.29, 0.717) is 68.8 Å². The van der Waals surface area contributed by atoms with E-state index in [1.54, 1.807) is 41.3 Å². The monoisotopic (exact) mass is 538 g/mol. The fourth-order valence-corrected chi connectivity index (χ4v) is 4.98. The van der Waals surface area contributed by atoms with Gasteiger partial charge in [0.2, 0.25) is 17.8 Å². The minimum Gasteiger partial charge on any atom is -0.459 e. The largest absolute Gasteiger partial charge is 0.459 e. The Kier molecular flexibility index (Phi) is 6.37. The third-order valence-electron chi connectivity index (χ3n) is 6.87. The van der Waals surface area contributed by atoms with Gasteiger partial charge in [0.15, 0.2) is 11.6 Å². The summed E-state index contributed by atoms with van der Waals surface area (Å²) in [6.07, 6.45) is -1.36. The molecule has 1 aromatic carbocycles. The summed E-state index contributed by atoms with van der Waals surface area (Å²) in [4.78, 5) is 36.6. The molecule has 0 unspecified atom stereocenters. The Balaban J connectivity index is 1.38. The summed E-state index contributed by atoms with van der Waals surface area (Å²) >= 11 is 0. The van der Waals surface area contributed by atoms with Gasteiger partial charge in [-0.15, -0.1) is 0 Å². The third-order valence-corrected chi connectivity index (χ3v) is 6.87. The normalized spacial score (nSPS) is 17.8. The molecule has 0 saturated carbocycles. The molecule has 0 atom stereocenters. The summed E-state index contributed by atoms with van der Waals surface area (Å²) in [5.74, 6) is 0.460. The molecule has 2 aliphatic rings. The second-order valence-corrected chi connectivity index (χ2v) is 10.1. The van der Waals surface area contributed by atoms with Crippen LogP contribution in [0.4, 0.5) is 20.7 Å². The van der Waals surface area contributed by atoms with E-state index in [9.17, 15) is 13.6 Å². The van der Waals surface area contributed by atoms with E-state index in [-0.39, 0.29) is 17.6 Å². The van der Waals surface area contributed by atoms with Crippen molar-refractivity contribution in [3.05, 3.63) is 54.2 Å². The maximum atomic E-state index is 14.2. The minimum atomic E-state index is -2.83. The number of furan rings is 1. The van der Waals surface area contributed by atoms with Crippen molar-refractivity contribution in [1.82, 2.24) is 29.4 Å². The van der Waals surface area contributed by atoms with Crippen molar-refractivity contribution in [1.29, 1.82) is 0 Å².